The fraction of sp³-hybridized carbons (Fsp3) is 0.526. The third-order valence-electron chi connectivity index (χ3n) is 5.28. The first-order chi connectivity index (χ1) is 11.5. The maximum absolute atomic E-state index is 13.0. The number of carbonyl (C=O) groups is 1. The van der Waals surface area contributed by atoms with Gasteiger partial charge in [0.05, 0.1) is 12.0 Å². The number of hydrogen-bond donors (Lipinski definition) is 1. The minimum absolute atomic E-state index is 0.111. The van der Waals surface area contributed by atoms with Gasteiger partial charge < -0.3 is 14.7 Å². The molecule has 1 aromatic carbocycles. The highest BCUT2D eigenvalue weighted by molar-refractivity contribution is 7.21. The van der Waals surface area contributed by atoms with Crippen molar-refractivity contribution in [2.75, 3.05) is 20.8 Å². The van der Waals surface area contributed by atoms with Crippen molar-refractivity contribution in [1.82, 2.24) is 4.90 Å². The van der Waals surface area contributed by atoms with Crippen LogP contribution < -0.4 is 4.74 Å². The predicted octanol–water partition coefficient (Wildman–Crippen LogP) is 3.84. The molecule has 1 aromatic heterocycles. The number of nitrogens with zero attached hydrogens (tertiary/aromatic N) is 1. The maximum atomic E-state index is 13.0. The van der Waals surface area contributed by atoms with Crippen molar-refractivity contribution in [3.63, 3.8) is 0 Å². The summed E-state index contributed by atoms with van der Waals surface area (Å²) >= 11 is 1.56. The highest BCUT2D eigenvalue weighted by Crippen LogP contribution is 2.35. The van der Waals surface area contributed by atoms with Crippen molar-refractivity contribution in [3.05, 3.63) is 28.6 Å². The number of amides is 1. The monoisotopic (exact) mass is 347 g/mol. The van der Waals surface area contributed by atoms with Crippen LogP contribution in [-0.4, -0.2) is 42.7 Å². The molecular weight excluding hydrogens is 322 g/mol. The van der Waals surface area contributed by atoms with Crippen LogP contribution in [0.4, 0.5) is 0 Å². The van der Waals surface area contributed by atoms with Crippen LogP contribution in [0, 0.1) is 12.8 Å². The van der Waals surface area contributed by atoms with E-state index in [0.29, 0.717) is 5.92 Å². The van der Waals surface area contributed by atoms with Crippen LogP contribution >= 0.6 is 11.3 Å². The van der Waals surface area contributed by atoms with Crippen molar-refractivity contribution in [1.29, 1.82) is 0 Å². The molecule has 0 radical (unpaired) electrons. The SMILES string of the molecule is COc1ccc2sc(C(=O)N(C)C3CCC(CO)CC3)c(C)c2c1. The fourth-order valence-electron chi connectivity index (χ4n) is 3.57. The van der Waals surface area contributed by atoms with Gasteiger partial charge in [-0.05, 0) is 67.7 Å². The second kappa shape index (κ2) is 7.11. The van der Waals surface area contributed by atoms with Gasteiger partial charge >= 0.3 is 0 Å². The van der Waals surface area contributed by atoms with Crippen molar-refractivity contribution in [2.24, 2.45) is 5.92 Å². The van der Waals surface area contributed by atoms with Crippen molar-refractivity contribution < 1.29 is 14.6 Å². The van der Waals surface area contributed by atoms with E-state index in [1.165, 1.54) is 0 Å². The molecule has 0 unspecified atom stereocenters. The van der Waals surface area contributed by atoms with Crippen LogP contribution in [0.5, 0.6) is 5.75 Å². The second-order valence-electron chi connectivity index (χ2n) is 6.69. The molecule has 1 amide bonds. The zero-order valence-corrected chi connectivity index (χ0v) is 15.4. The summed E-state index contributed by atoms with van der Waals surface area (Å²) in [5, 5.41) is 10.4. The van der Waals surface area contributed by atoms with Crippen LogP contribution in [-0.2, 0) is 0 Å². The van der Waals surface area contributed by atoms with Crippen LogP contribution in [0.3, 0.4) is 0 Å². The Morgan fingerprint density at radius 1 is 1.33 bits per heavy atom. The Morgan fingerprint density at radius 3 is 2.67 bits per heavy atom. The van der Waals surface area contributed by atoms with Gasteiger partial charge in [-0.25, -0.2) is 0 Å². The molecule has 3 rings (SSSR count). The Bertz CT molecular complexity index is 732. The number of aliphatic hydroxyl groups is 1. The summed E-state index contributed by atoms with van der Waals surface area (Å²) in [6, 6.07) is 6.24. The highest BCUT2D eigenvalue weighted by atomic mass is 32.1. The van der Waals surface area contributed by atoms with E-state index in [-0.39, 0.29) is 18.6 Å². The van der Waals surface area contributed by atoms with Gasteiger partial charge in [0.2, 0.25) is 0 Å². The topological polar surface area (TPSA) is 49.8 Å². The molecule has 130 valence electrons. The van der Waals surface area contributed by atoms with Gasteiger partial charge in [0.25, 0.3) is 5.91 Å². The molecule has 0 atom stereocenters. The van der Waals surface area contributed by atoms with Crippen molar-refractivity contribution in [2.45, 2.75) is 38.6 Å². The number of ether oxygens (including phenoxy) is 1. The quantitative estimate of drug-likeness (QED) is 0.914. The minimum atomic E-state index is 0.111. The fourth-order valence-corrected chi connectivity index (χ4v) is 4.74. The highest BCUT2D eigenvalue weighted by Gasteiger charge is 2.28. The smallest absolute Gasteiger partial charge is 0.264 e. The van der Waals surface area contributed by atoms with E-state index < -0.39 is 0 Å². The van der Waals surface area contributed by atoms with E-state index in [1.807, 2.05) is 37.1 Å². The normalized spacial score (nSPS) is 21.0. The maximum Gasteiger partial charge on any atom is 0.264 e. The number of aryl methyl sites for hydroxylation is 1. The zero-order valence-electron chi connectivity index (χ0n) is 14.5. The summed E-state index contributed by atoms with van der Waals surface area (Å²) in [6.45, 7) is 2.28. The lowest BCUT2D eigenvalue weighted by molar-refractivity contribution is 0.0657. The zero-order chi connectivity index (χ0) is 17.3. The molecule has 0 spiro atoms. The molecule has 0 bridgehead atoms. The summed E-state index contributed by atoms with van der Waals surface area (Å²) in [5.41, 5.74) is 1.04. The Balaban J connectivity index is 1.82. The molecular formula is C19H25NO3S. The molecule has 1 aliphatic rings. The lowest BCUT2D eigenvalue weighted by Gasteiger charge is -2.34. The van der Waals surface area contributed by atoms with Gasteiger partial charge in [0, 0.05) is 24.4 Å². The first-order valence-electron chi connectivity index (χ1n) is 8.50. The standard InChI is InChI=1S/C19H25NO3S/c1-12-16-10-15(23-3)8-9-17(16)24-18(12)19(22)20(2)14-6-4-13(11-21)5-7-14/h8-10,13-14,21H,4-7,11H2,1-3H3. The van der Waals surface area contributed by atoms with Gasteiger partial charge in [-0.1, -0.05) is 0 Å². The Kier molecular flexibility index (Phi) is 5.11. The number of fused-ring (bicyclic) bond motifs is 1. The average Bonchev–Trinajstić information content (AvgIpc) is 2.96. The van der Waals surface area contributed by atoms with E-state index in [4.69, 9.17) is 4.74 Å². The molecule has 1 fully saturated rings. The summed E-state index contributed by atoms with van der Waals surface area (Å²) in [7, 11) is 3.57. The number of carbonyl (C=O) groups excluding carboxylic acids is 1. The summed E-state index contributed by atoms with van der Waals surface area (Å²) in [6.07, 6.45) is 3.96. The van der Waals surface area contributed by atoms with Gasteiger partial charge in [-0.3, -0.25) is 4.79 Å². The predicted molar refractivity (Wildman–Crippen MR) is 98.0 cm³/mol. The Hall–Kier alpha value is -1.59. The van der Waals surface area contributed by atoms with E-state index >= 15 is 0 Å². The number of thiophene rings is 1. The van der Waals surface area contributed by atoms with Crippen molar-refractivity contribution in [3.8, 4) is 5.75 Å². The third-order valence-corrected chi connectivity index (χ3v) is 6.54. The van der Waals surface area contributed by atoms with Crippen LogP contribution in [0.2, 0.25) is 0 Å². The molecule has 1 aliphatic carbocycles. The number of aliphatic hydroxyl groups excluding tert-OH is 1. The Labute approximate surface area is 147 Å². The lowest BCUT2D eigenvalue weighted by atomic mass is 9.86. The van der Waals surface area contributed by atoms with E-state index in [0.717, 1.165) is 52.0 Å². The molecule has 1 N–H and O–H groups in total. The first kappa shape index (κ1) is 17.2. The molecule has 1 saturated carbocycles. The molecule has 0 saturated heterocycles. The van der Waals surface area contributed by atoms with Crippen LogP contribution in [0.15, 0.2) is 18.2 Å². The van der Waals surface area contributed by atoms with Crippen molar-refractivity contribution >= 4 is 27.3 Å². The van der Waals surface area contributed by atoms with E-state index in [9.17, 15) is 9.90 Å². The minimum Gasteiger partial charge on any atom is -0.497 e. The number of methoxy groups -OCH3 is 1. The third kappa shape index (κ3) is 3.15. The number of rotatable bonds is 4. The Morgan fingerprint density at radius 2 is 2.04 bits per heavy atom. The summed E-state index contributed by atoms with van der Waals surface area (Å²) in [5.74, 6) is 1.33. The molecule has 24 heavy (non-hydrogen) atoms. The van der Waals surface area contributed by atoms with Gasteiger partial charge in [-0.15, -0.1) is 11.3 Å². The van der Waals surface area contributed by atoms with E-state index in [2.05, 4.69) is 0 Å². The molecule has 0 aliphatic heterocycles. The average molecular weight is 347 g/mol. The molecule has 2 aromatic rings. The number of benzene rings is 1. The first-order valence-corrected chi connectivity index (χ1v) is 9.32. The van der Waals surface area contributed by atoms with Crippen LogP contribution in [0.1, 0.15) is 40.9 Å². The van der Waals surface area contributed by atoms with Gasteiger partial charge in [0.15, 0.2) is 0 Å². The largest absolute Gasteiger partial charge is 0.497 e. The molecule has 4 nitrogen and oxygen atoms in total. The summed E-state index contributed by atoms with van der Waals surface area (Å²) in [4.78, 5) is 15.7. The molecule has 5 heteroatoms. The molecule has 1 heterocycles. The summed E-state index contributed by atoms with van der Waals surface area (Å²) < 4.78 is 6.42. The second-order valence-corrected chi connectivity index (χ2v) is 7.74. The van der Waals surface area contributed by atoms with E-state index in [1.54, 1.807) is 18.4 Å². The van der Waals surface area contributed by atoms with Gasteiger partial charge in [-0.2, -0.15) is 0 Å². The van der Waals surface area contributed by atoms with Gasteiger partial charge in [0.1, 0.15) is 5.75 Å². The lowest BCUT2D eigenvalue weighted by Crippen LogP contribution is -2.39. The van der Waals surface area contributed by atoms with Crippen LogP contribution in [0.25, 0.3) is 10.1 Å². The number of hydrogen-bond acceptors (Lipinski definition) is 4.